The molecule has 0 unspecified atom stereocenters. The lowest BCUT2D eigenvalue weighted by molar-refractivity contribution is 0.629. The zero-order chi connectivity index (χ0) is 13.6. The Morgan fingerprint density at radius 3 is 2.79 bits per heavy atom. The summed E-state index contributed by atoms with van der Waals surface area (Å²) in [5.74, 6) is -0.456. The second-order valence-electron chi connectivity index (χ2n) is 4.03. The average Bonchev–Trinajstić information content (AvgIpc) is 2.65. The SMILES string of the molecule is Fc1cc2c(cc1Cl)[nH]c(=S)n2-c1cccc(I)c1. The minimum Gasteiger partial charge on any atom is -0.330 e. The number of fused-ring (bicyclic) bond motifs is 1. The minimum absolute atomic E-state index is 0.0820. The maximum absolute atomic E-state index is 13.6. The Bertz CT molecular complexity index is 840. The molecule has 3 aromatic rings. The Morgan fingerprint density at radius 2 is 2.05 bits per heavy atom. The van der Waals surface area contributed by atoms with E-state index in [1.807, 2.05) is 24.3 Å². The van der Waals surface area contributed by atoms with E-state index in [0.717, 1.165) is 14.8 Å². The molecule has 0 radical (unpaired) electrons. The molecule has 0 atom stereocenters. The molecule has 6 heteroatoms. The monoisotopic (exact) mass is 404 g/mol. The summed E-state index contributed by atoms with van der Waals surface area (Å²) in [6, 6.07) is 10.8. The van der Waals surface area contributed by atoms with Crippen LogP contribution in [0.4, 0.5) is 4.39 Å². The number of nitrogens with zero attached hydrogens (tertiary/aromatic N) is 1. The molecule has 19 heavy (non-hydrogen) atoms. The van der Waals surface area contributed by atoms with Crippen LogP contribution in [0, 0.1) is 14.2 Å². The van der Waals surface area contributed by atoms with E-state index in [0.29, 0.717) is 10.3 Å². The van der Waals surface area contributed by atoms with Crippen LogP contribution in [0.1, 0.15) is 0 Å². The zero-order valence-electron chi connectivity index (χ0n) is 9.45. The molecule has 96 valence electrons. The van der Waals surface area contributed by atoms with E-state index in [2.05, 4.69) is 27.6 Å². The number of imidazole rings is 1. The molecule has 2 nitrogen and oxygen atoms in total. The van der Waals surface area contributed by atoms with Gasteiger partial charge in [0, 0.05) is 15.3 Å². The molecule has 0 saturated carbocycles. The standard InChI is InChI=1S/C13H7ClFIN2S/c14-9-5-11-12(6-10(9)15)18(13(19)17-11)8-3-1-2-7(16)4-8/h1-6H,(H,17,19). The molecule has 0 aliphatic heterocycles. The van der Waals surface area contributed by atoms with E-state index in [4.69, 9.17) is 23.8 Å². The van der Waals surface area contributed by atoms with Gasteiger partial charge < -0.3 is 4.98 Å². The molecule has 1 heterocycles. The van der Waals surface area contributed by atoms with Gasteiger partial charge in [0.2, 0.25) is 0 Å². The van der Waals surface area contributed by atoms with Crippen molar-refractivity contribution in [3.05, 3.63) is 55.6 Å². The molecule has 0 fully saturated rings. The van der Waals surface area contributed by atoms with Crippen LogP contribution in [0.5, 0.6) is 0 Å². The lowest BCUT2D eigenvalue weighted by atomic mass is 10.2. The summed E-state index contributed by atoms with van der Waals surface area (Å²) in [5, 5.41) is 0.0820. The molecule has 0 saturated heterocycles. The first-order valence-electron chi connectivity index (χ1n) is 5.42. The number of hydrogen-bond donors (Lipinski definition) is 1. The fourth-order valence-corrected chi connectivity index (χ4v) is 2.98. The maximum atomic E-state index is 13.6. The molecular weight excluding hydrogens is 398 g/mol. The lowest BCUT2D eigenvalue weighted by Gasteiger charge is -2.05. The summed E-state index contributed by atoms with van der Waals surface area (Å²) < 4.78 is 17.0. The molecule has 0 aliphatic rings. The number of nitrogens with one attached hydrogen (secondary N) is 1. The first-order valence-corrected chi connectivity index (χ1v) is 7.28. The molecule has 0 spiro atoms. The predicted octanol–water partition coefficient (Wildman–Crippen LogP) is 5.09. The zero-order valence-corrected chi connectivity index (χ0v) is 13.2. The minimum atomic E-state index is -0.456. The number of aromatic amines is 1. The van der Waals surface area contributed by atoms with Crippen LogP contribution in [-0.2, 0) is 0 Å². The van der Waals surface area contributed by atoms with E-state index >= 15 is 0 Å². The lowest BCUT2D eigenvalue weighted by Crippen LogP contribution is -1.94. The molecule has 1 N–H and O–H groups in total. The number of halogens is 3. The summed E-state index contributed by atoms with van der Waals surface area (Å²) in [6.45, 7) is 0. The van der Waals surface area contributed by atoms with Crippen molar-refractivity contribution in [3.63, 3.8) is 0 Å². The first kappa shape index (κ1) is 13.1. The fourth-order valence-electron chi connectivity index (χ4n) is 1.97. The predicted molar refractivity (Wildman–Crippen MR) is 86.1 cm³/mol. The molecule has 3 rings (SSSR count). The van der Waals surface area contributed by atoms with Crippen LogP contribution in [0.2, 0.25) is 5.02 Å². The van der Waals surface area contributed by atoms with Gasteiger partial charge in [0.05, 0.1) is 16.1 Å². The highest BCUT2D eigenvalue weighted by molar-refractivity contribution is 14.1. The van der Waals surface area contributed by atoms with Crippen LogP contribution in [0.3, 0.4) is 0 Å². The summed E-state index contributed by atoms with van der Waals surface area (Å²) >= 11 is 13.3. The van der Waals surface area contributed by atoms with Crippen LogP contribution in [-0.4, -0.2) is 9.55 Å². The van der Waals surface area contributed by atoms with Crippen molar-refractivity contribution in [3.8, 4) is 5.69 Å². The van der Waals surface area contributed by atoms with Crippen LogP contribution < -0.4 is 0 Å². The third-order valence-electron chi connectivity index (χ3n) is 2.79. The molecule has 2 aromatic carbocycles. The highest BCUT2D eigenvalue weighted by Gasteiger charge is 2.10. The third-order valence-corrected chi connectivity index (χ3v) is 4.04. The topological polar surface area (TPSA) is 20.7 Å². The number of rotatable bonds is 1. The molecule has 0 bridgehead atoms. The summed E-state index contributed by atoms with van der Waals surface area (Å²) in [5.41, 5.74) is 2.29. The van der Waals surface area contributed by atoms with Gasteiger partial charge in [-0.1, -0.05) is 17.7 Å². The van der Waals surface area contributed by atoms with Crippen LogP contribution in [0.15, 0.2) is 36.4 Å². The Kier molecular flexibility index (Phi) is 3.36. The van der Waals surface area contributed by atoms with Crippen LogP contribution in [0.25, 0.3) is 16.7 Å². The Hall–Kier alpha value is -0.920. The van der Waals surface area contributed by atoms with Gasteiger partial charge in [-0.15, -0.1) is 0 Å². The quantitative estimate of drug-likeness (QED) is 0.443. The molecule has 1 aromatic heterocycles. The summed E-state index contributed by atoms with van der Waals surface area (Å²) in [6.07, 6.45) is 0. The van der Waals surface area contributed by atoms with Gasteiger partial charge in [-0.05, 0) is 59.1 Å². The third kappa shape index (κ3) is 2.30. The second kappa shape index (κ2) is 4.88. The summed E-state index contributed by atoms with van der Waals surface area (Å²) in [4.78, 5) is 3.04. The second-order valence-corrected chi connectivity index (χ2v) is 6.07. The van der Waals surface area contributed by atoms with E-state index < -0.39 is 5.82 Å². The Morgan fingerprint density at radius 1 is 1.26 bits per heavy atom. The molecule has 0 amide bonds. The van der Waals surface area contributed by atoms with Crippen molar-refractivity contribution in [2.75, 3.05) is 0 Å². The fraction of sp³-hybridized carbons (Fsp3) is 0. The normalized spacial score (nSPS) is 11.1. The van der Waals surface area contributed by atoms with Crippen molar-refractivity contribution >= 4 is 57.4 Å². The van der Waals surface area contributed by atoms with E-state index in [-0.39, 0.29) is 5.02 Å². The van der Waals surface area contributed by atoms with Gasteiger partial charge in [-0.2, -0.15) is 0 Å². The van der Waals surface area contributed by atoms with Crippen molar-refractivity contribution in [1.82, 2.24) is 9.55 Å². The van der Waals surface area contributed by atoms with Gasteiger partial charge in [0.1, 0.15) is 5.82 Å². The Labute approximate surface area is 132 Å². The number of hydrogen-bond acceptors (Lipinski definition) is 1. The molecule has 0 aliphatic carbocycles. The number of H-pyrrole nitrogens is 1. The summed E-state index contributed by atoms with van der Waals surface area (Å²) in [7, 11) is 0. The highest BCUT2D eigenvalue weighted by Crippen LogP contribution is 2.25. The maximum Gasteiger partial charge on any atom is 0.182 e. The van der Waals surface area contributed by atoms with Gasteiger partial charge in [-0.25, -0.2) is 4.39 Å². The van der Waals surface area contributed by atoms with Gasteiger partial charge in [0.25, 0.3) is 0 Å². The van der Waals surface area contributed by atoms with Gasteiger partial charge >= 0.3 is 0 Å². The van der Waals surface area contributed by atoms with E-state index in [1.165, 1.54) is 6.07 Å². The van der Waals surface area contributed by atoms with E-state index in [9.17, 15) is 4.39 Å². The number of aromatic nitrogens is 2. The Balaban J connectivity index is 2.38. The van der Waals surface area contributed by atoms with Crippen molar-refractivity contribution in [2.45, 2.75) is 0 Å². The first-order chi connectivity index (χ1) is 9.06. The largest absolute Gasteiger partial charge is 0.330 e. The average molecular weight is 405 g/mol. The molecular formula is C13H7ClFIN2S. The smallest absolute Gasteiger partial charge is 0.182 e. The van der Waals surface area contributed by atoms with Crippen molar-refractivity contribution < 1.29 is 4.39 Å². The number of benzene rings is 2. The van der Waals surface area contributed by atoms with Gasteiger partial charge in [0.15, 0.2) is 4.77 Å². The van der Waals surface area contributed by atoms with Crippen molar-refractivity contribution in [1.29, 1.82) is 0 Å². The van der Waals surface area contributed by atoms with Gasteiger partial charge in [-0.3, -0.25) is 4.57 Å². The van der Waals surface area contributed by atoms with E-state index in [1.54, 1.807) is 10.6 Å². The highest BCUT2D eigenvalue weighted by atomic mass is 127. The van der Waals surface area contributed by atoms with Crippen LogP contribution >= 0.6 is 46.4 Å². The van der Waals surface area contributed by atoms with Crippen molar-refractivity contribution in [2.24, 2.45) is 0 Å².